The van der Waals surface area contributed by atoms with Crippen molar-refractivity contribution in [2.75, 3.05) is 5.01 Å². The smallest absolute Gasteiger partial charge is 0.436 e. The van der Waals surface area contributed by atoms with Gasteiger partial charge in [-0.1, -0.05) is 53.6 Å². The highest BCUT2D eigenvalue weighted by atomic mass is 35.5. The van der Waals surface area contributed by atoms with Gasteiger partial charge in [0.2, 0.25) is 0 Å². The number of isocyanates is 1. The monoisotopic (exact) mass is 304 g/mol. The average molecular weight is 305 g/mol. The lowest BCUT2D eigenvalue weighted by atomic mass is 10.2. The zero-order chi connectivity index (χ0) is 14.2. The maximum atomic E-state index is 11.9. The Kier molecular flexibility index (Phi) is 6.68. The highest BCUT2D eigenvalue weighted by Gasteiger charge is 2.16. The summed E-state index contributed by atoms with van der Waals surface area (Å²) in [6, 6.07) is 17.8. The largest absolute Gasteiger partial charge is 0.443 e. The number of hydrazone groups is 1. The van der Waals surface area contributed by atoms with Gasteiger partial charge in [-0.05, 0) is 17.7 Å². The lowest BCUT2D eigenvalue weighted by Crippen LogP contribution is -2.25. The summed E-state index contributed by atoms with van der Waals surface area (Å²) in [5, 5.41) is 4.23. The summed E-state index contributed by atoms with van der Waals surface area (Å²) >= 11 is 0. The first-order chi connectivity index (χ1) is 9.81. The van der Waals surface area contributed by atoms with Crippen molar-refractivity contribution in [3.8, 4) is 0 Å². The maximum Gasteiger partial charge on any atom is 0.436 e. The van der Waals surface area contributed by atoms with Crippen molar-refractivity contribution < 1.29 is 14.3 Å². The van der Waals surface area contributed by atoms with E-state index in [0.29, 0.717) is 5.69 Å². The van der Waals surface area contributed by atoms with Gasteiger partial charge in [0.25, 0.3) is 6.08 Å². The highest BCUT2D eigenvalue weighted by Crippen LogP contribution is 2.15. The minimum Gasteiger partial charge on any atom is -0.443 e. The van der Waals surface area contributed by atoms with Crippen LogP contribution in [0.4, 0.5) is 10.5 Å². The Hall–Kier alpha value is -2.62. The van der Waals surface area contributed by atoms with E-state index in [0.717, 1.165) is 10.6 Å². The number of benzene rings is 2. The summed E-state index contributed by atoms with van der Waals surface area (Å²) in [6.45, 7) is 0.109. The van der Waals surface area contributed by atoms with Crippen LogP contribution in [0.5, 0.6) is 0 Å². The highest BCUT2D eigenvalue weighted by molar-refractivity contribution is 5.87. The fourth-order valence-corrected chi connectivity index (χ4v) is 1.59. The Morgan fingerprint density at radius 2 is 1.62 bits per heavy atom. The van der Waals surface area contributed by atoms with Crippen molar-refractivity contribution >= 4 is 30.3 Å². The van der Waals surface area contributed by atoms with Crippen LogP contribution >= 0.6 is 12.4 Å². The molecule has 0 N–H and O–H groups in total. The Balaban J connectivity index is 0.00000220. The first-order valence-corrected chi connectivity index (χ1v) is 5.95. The number of carbonyl (C=O) groups excluding carboxylic acids is 2. The second kappa shape index (κ2) is 8.53. The molecule has 0 aliphatic carbocycles. The van der Waals surface area contributed by atoms with Gasteiger partial charge in [0.05, 0.1) is 5.69 Å². The molecule has 0 saturated carbocycles. The van der Waals surface area contributed by atoms with Crippen LogP contribution in [0.25, 0.3) is 0 Å². The van der Waals surface area contributed by atoms with Crippen LogP contribution in [-0.4, -0.2) is 12.2 Å². The molecule has 0 bridgehead atoms. The molecule has 0 aromatic heterocycles. The van der Waals surface area contributed by atoms with Gasteiger partial charge in [-0.25, -0.2) is 9.59 Å². The molecule has 0 heterocycles. The Labute approximate surface area is 128 Å². The van der Waals surface area contributed by atoms with Crippen molar-refractivity contribution in [1.29, 1.82) is 0 Å². The van der Waals surface area contributed by atoms with E-state index in [1.807, 2.05) is 30.3 Å². The molecule has 108 valence electrons. The Morgan fingerprint density at radius 1 is 1.05 bits per heavy atom. The van der Waals surface area contributed by atoms with E-state index in [1.165, 1.54) is 6.08 Å². The van der Waals surface area contributed by atoms with E-state index in [4.69, 9.17) is 4.74 Å². The quantitative estimate of drug-likeness (QED) is 0.493. The van der Waals surface area contributed by atoms with Crippen molar-refractivity contribution in [3.63, 3.8) is 0 Å². The van der Waals surface area contributed by atoms with Crippen molar-refractivity contribution in [2.45, 2.75) is 6.61 Å². The van der Waals surface area contributed by atoms with Gasteiger partial charge >= 0.3 is 6.09 Å². The van der Waals surface area contributed by atoms with Gasteiger partial charge in [0.1, 0.15) is 6.61 Å². The third-order valence-electron chi connectivity index (χ3n) is 2.52. The topological polar surface area (TPSA) is 59.0 Å². The summed E-state index contributed by atoms with van der Waals surface area (Å²) in [4.78, 5) is 22.4. The number of amides is 1. The summed E-state index contributed by atoms with van der Waals surface area (Å²) in [7, 11) is 0. The lowest BCUT2D eigenvalue weighted by Gasteiger charge is -2.14. The second-order valence-corrected chi connectivity index (χ2v) is 3.88. The predicted octanol–water partition coefficient (Wildman–Crippen LogP) is 3.50. The summed E-state index contributed by atoms with van der Waals surface area (Å²) in [5.74, 6) is 0. The average Bonchev–Trinajstić information content (AvgIpc) is 2.52. The van der Waals surface area contributed by atoms with Gasteiger partial charge < -0.3 is 4.74 Å². The third-order valence-corrected chi connectivity index (χ3v) is 2.52. The molecule has 0 aliphatic rings. The molecule has 0 unspecified atom stereocenters. The van der Waals surface area contributed by atoms with E-state index in [9.17, 15) is 9.59 Å². The second-order valence-electron chi connectivity index (χ2n) is 3.88. The molecule has 21 heavy (non-hydrogen) atoms. The fraction of sp³-hybridized carbons (Fsp3) is 0.0667. The molecular formula is C15H13ClN2O3. The van der Waals surface area contributed by atoms with Crippen LogP contribution in [0.3, 0.4) is 0 Å². The zero-order valence-corrected chi connectivity index (χ0v) is 11.8. The SMILES string of the molecule is Cl.O=C=NN(C(=O)OCc1ccccc1)c1ccccc1. The minimum absolute atomic E-state index is 0. The predicted molar refractivity (Wildman–Crippen MR) is 80.9 cm³/mol. The molecule has 2 aromatic rings. The molecule has 6 heteroatoms. The van der Waals surface area contributed by atoms with Crippen LogP contribution in [0.1, 0.15) is 5.56 Å². The van der Waals surface area contributed by atoms with Gasteiger partial charge in [0, 0.05) is 0 Å². The first kappa shape index (κ1) is 16.4. The molecule has 0 atom stereocenters. The lowest BCUT2D eigenvalue weighted by molar-refractivity contribution is 0.147. The van der Waals surface area contributed by atoms with E-state index in [2.05, 4.69) is 5.10 Å². The molecule has 0 radical (unpaired) electrons. The van der Waals surface area contributed by atoms with Crippen LogP contribution in [-0.2, 0) is 16.1 Å². The Bertz CT molecular complexity index is 613. The Morgan fingerprint density at radius 3 is 2.19 bits per heavy atom. The molecule has 0 saturated heterocycles. The van der Waals surface area contributed by atoms with Gasteiger partial charge in [0.15, 0.2) is 0 Å². The molecule has 1 amide bonds. The zero-order valence-electron chi connectivity index (χ0n) is 11.0. The third kappa shape index (κ3) is 4.76. The van der Waals surface area contributed by atoms with Gasteiger partial charge in [-0.15, -0.1) is 12.4 Å². The van der Waals surface area contributed by atoms with E-state index < -0.39 is 6.09 Å². The molecular weight excluding hydrogens is 292 g/mol. The van der Waals surface area contributed by atoms with Crippen LogP contribution in [0, 0.1) is 0 Å². The van der Waals surface area contributed by atoms with E-state index in [-0.39, 0.29) is 19.0 Å². The first-order valence-electron chi connectivity index (χ1n) is 5.95. The number of nitrogens with zero attached hydrogens (tertiary/aromatic N) is 2. The van der Waals surface area contributed by atoms with Gasteiger partial charge in [-0.3, -0.25) is 0 Å². The summed E-state index contributed by atoms with van der Waals surface area (Å²) < 4.78 is 5.11. The molecule has 2 rings (SSSR count). The molecule has 0 aliphatic heterocycles. The van der Waals surface area contributed by atoms with Gasteiger partial charge in [-0.2, -0.15) is 5.01 Å². The summed E-state index contributed by atoms with van der Waals surface area (Å²) in [6.07, 6.45) is 0.612. The molecule has 2 aromatic carbocycles. The minimum atomic E-state index is -0.733. The number of halogens is 1. The van der Waals surface area contributed by atoms with E-state index >= 15 is 0 Å². The number of ether oxygens (including phenoxy) is 1. The molecule has 5 nitrogen and oxygen atoms in total. The van der Waals surface area contributed by atoms with Crippen LogP contribution in [0.2, 0.25) is 0 Å². The van der Waals surface area contributed by atoms with Crippen LogP contribution < -0.4 is 5.01 Å². The number of rotatable bonds is 4. The van der Waals surface area contributed by atoms with Crippen molar-refractivity contribution in [1.82, 2.24) is 0 Å². The van der Waals surface area contributed by atoms with Crippen LogP contribution in [0.15, 0.2) is 65.8 Å². The van der Waals surface area contributed by atoms with E-state index in [1.54, 1.807) is 30.3 Å². The van der Waals surface area contributed by atoms with Crippen molar-refractivity contribution in [3.05, 3.63) is 66.2 Å². The van der Waals surface area contributed by atoms with Crippen molar-refractivity contribution in [2.24, 2.45) is 5.10 Å². The normalized spacial score (nSPS) is 8.95. The number of para-hydroxylation sites is 1. The summed E-state index contributed by atoms with van der Waals surface area (Å²) in [5.41, 5.74) is 1.29. The standard InChI is InChI=1S/C15H12N2O3.ClH/c18-12-16-17(14-9-5-2-6-10-14)15(19)20-11-13-7-3-1-4-8-13;/h1-10H,11H2;1H. The number of carbonyl (C=O) groups is 1. The fourth-order valence-electron chi connectivity index (χ4n) is 1.59. The number of hydrogen-bond acceptors (Lipinski definition) is 4. The maximum absolute atomic E-state index is 11.9. The number of hydrogen-bond donors (Lipinski definition) is 0. The molecule has 0 spiro atoms. The molecule has 0 fully saturated rings. The number of anilines is 1.